The highest BCUT2D eigenvalue weighted by Gasteiger charge is 2.03. The van der Waals surface area contributed by atoms with E-state index < -0.39 is 0 Å². The van der Waals surface area contributed by atoms with Gasteiger partial charge in [-0.15, -0.1) is 10.2 Å². The van der Waals surface area contributed by atoms with Gasteiger partial charge in [-0.1, -0.05) is 35.0 Å². The first-order valence-corrected chi connectivity index (χ1v) is 10.2. The summed E-state index contributed by atoms with van der Waals surface area (Å²) in [6.45, 7) is 8.59. The van der Waals surface area contributed by atoms with Crippen molar-refractivity contribution in [2.24, 2.45) is 4.99 Å². The number of hydrogen-bond acceptors (Lipinski definition) is 4. The van der Waals surface area contributed by atoms with E-state index in [1.165, 1.54) is 5.56 Å². The van der Waals surface area contributed by atoms with Gasteiger partial charge in [-0.3, -0.25) is 0 Å². The van der Waals surface area contributed by atoms with Gasteiger partial charge in [-0.2, -0.15) is 0 Å². The Labute approximate surface area is 169 Å². The summed E-state index contributed by atoms with van der Waals surface area (Å²) in [5.74, 6) is 1.80. The number of aryl methyl sites for hydroxylation is 1. The van der Waals surface area contributed by atoms with E-state index in [9.17, 15) is 0 Å². The number of aromatic nitrogens is 3. The number of hydrogen-bond donors (Lipinski definition) is 2. The molecule has 0 aliphatic heterocycles. The van der Waals surface area contributed by atoms with Crippen LogP contribution in [0.4, 0.5) is 0 Å². The van der Waals surface area contributed by atoms with Gasteiger partial charge < -0.3 is 19.9 Å². The molecule has 0 unspecified atom stereocenters. The van der Waals surface area contributed by atoms with E-state index in [4.69, 9.17) is 9.73 Å². The molecule has 0 aliphatic rings. The molecular weight excluding hydrogens is 408 g/mol. The molecule has 2 aromatic rings. The fraction of sp³-hybridized carbons (Fsp3) is 0.526. The van der Waals surface area contributed by atoms with E-state index in [-0.39, 0.29) is 0 Å². The molecule has 1 heterocycles. The average molecular weight is 437 g/mol. The van der Waals surface area contributed by atoms with Crippen LogP contribution in [0, 0.1) is 0 Å². The third-order valence-electron chi connectivity index (χ3n) is 3.95. The lowest BCUT2D eigenvalue weighted by atomic mass is 10.2. The van der Waals surface area contributed by atoms with Gasteiger partial charge in [-0.05, 0) is 31.0 Å². The van der Waals surface area contributed by atoms with E-state index in [1.54, 1.807) is 6.33 Å². The van der Waals surface area contributed by atoms with E-state index in [0.717, 1.165) is 61.9 Å². The van der Waals surface area contributed by atoms with Crippen molar-refractivity contribution >= 4 is 21.9 Å². The van der Waals surface area contributed by atoms with Crippen molar-refractivity contribution in [1.82, 2.24) is 25.4 Å². The van der Waals surface area contributed by atoms with Gasteiger partial charge >= 0.3 is 0 Å². The minimum absolute atomic E-state index is 0.626. The summed E-state index contributed by atoms with van der Waals surface area (Å²) in [6, 6.07) is 8.22. The summed E-state index contributed by atoms with van der Waals surface area (Å²) in [5, 5.41) is 14.9. The Morgan fingerprint density at radius 3 is 2.70 bits per heavy atom. The Morgan fingerprint density at radius 2 is 1.96 bits per heavy atom. The van der Waals surface area contributed by atoms with E-state index in [1.807, 2.05) is 19.1 Å². The number of benzene rings is 1. The molecule has 0 aliphatic carbocycles. The van der Waals surface area contributed by atoms with Crippen molar-refractivity contribution in [3.05, 3.63) is 46.5 Å². The second kappa shape index (κ2) is 12.5. The fourth-order valence-electron chi connectivity index (χ4n) is 2.49. The molecule has 0 amide bonds. The molecule has 1 aromatic carbocycles. The Kier molecular flexibility index (Phi) is 9.86. The van der Waals surface area contributed by atoms with Gasteiger partial charge in [0.1, 0.15) is 12.2 Å². The number of aliphatic imine (C=N–C) groups is 1. The lowest BCUT2D eigenvalue weighted by molar-refractivity contribution is 0.145. The van der Waals surface area contributed by atoms with Crippen LogP contribution in [0.2, 0.25) is 0 Å². The molecule has 0 spiro atoms. The van der Waals surface area contributed by atoms with Gasteiger partial charge in [0, 0.05) is 43.7 Å². The van der Waals surface area contributed by atoms with Crippen LogP contribution in [-0.2, 0) is 24.2 Å². The molecule has 0 bridgehead atoms. The van der Waals surface area contributed by atoms with Gasteiger partial charge in [0.2, 0.25) is 0 Å². The zero-order valence-corrected chi connectivity index (χ0v) is 17.7. The van der Waals surface area contributed by atoms with Crippen molar-refractivity contribution in [1.29, 1.82) is 0 Å². The van der Waals surface area contributed by atoms with E-state index in [0.29, 0.717) is 6.54 Å². The van der Waals surface area contributed by atoms with Gasteiger partial charge in [0.15, 0.2) is 5.96 Å². The average Bonchev–Trinajstić information content (AvgIpc) is 3.14. The SMILES string of the molecule is CCOCCCNC(=NCc1ccc(Br)cc1)NCCn1cnnc1CC. The molecule has 2 N–H and O–H groups in total. The van der Waals surface area contributed by atoms with Crippen molar-refractivity contribution < 1.29 is 4.74 Å². The van der Waals surface area contributed by atoms with Crippen LogP contribution in [0.3, 0.4) is 0 Å². The molecule has 0 radical (unpaired) electrons. The first-order valence-electron chi connectivity index (χ1n) is 9.44. The van der Waals surface area contributed by atoms with Gasteiger partial charge in [0.25, 0.3) is 0 Å². The largest absolute Gasteiger partial charge is 0.382 e. The van der Waals surface area contributed by atoms with Crippen LogP contribution in [-0.4, -0.2) is 47.0 Å². The normalized spacial score (nSPS) is 11.6. The fourth-order valence-corrected chi connectivity index (χ4v) is 2.76. The van der Waals surface area contributed by atoms with E-state index >= 15 is 0 Å². The molecular formula is C19H29BrN6O. The quantitative estimate of drug-likeness (QED) is 0.321. The lowest BCUT2D eigenvalue weighted by Crippen LogP contribution is -2.39. The summed E-state index contributed by atoms with van der Waals surface area (Å²) in [7, 11) is 0. The maximum Gasteiger partial charge on any atom is 0.191 e. The second-order valence-corrected chi connectivity index (χ2v) is 6.91. The molecule has 8 heteroatoms. The molecule has 0 saturated carbocycles. The Morgan fingerprint density at radius 1 is 1.19 bits per heavy atom. The van der Waals surface area contributed by atoms with Crippen LogP contribution >= 0.6 is 15.9 Å². The predicted molar refractivity (Wildman–Crippen MR) is 112 cm³/mol. The van der Waals surface area contributed by atoms with Crippen molar-refractivity contribution in [2.75, 3.05) is 26.3 Å². The number of ether oxygens (including phenoxy) is 1. The summed E-state index contributed by atoms with van der Waals surface area (Å²) in [5.41, 5.74) is 1.17. The maximum atomic E-state index is 5.39. The molecule has 0 atom stereocenters. The molecule has 0 saturated heterocycles. The highest BCUT2D eigenvalue weighted by atomic mass is 79.9. The maximum absolute atomic E-state index is 5.39. The molecule has 2 rings (SSSR count). The minimum atomic E-state index is 0.626. The van der Waals surface area contributed by atoms with Crippen LogP contribution in [0.25, 0.3) is 0 Å². The predicted octanol–water partition coefficient (Wildman–Crippen LogP) is 2.77. The van der Waals surface area contributed by atoms with Crippen molar-refractivity contribution in [3.63, 3.8) is 0 Å². The molecule has 1 aromatic heterocycles. The molecule has 7 nitrogen and oxygen atoms in total. The number of rotatable bonds is 11. The van der Waals surface area contributed by atoms with Crippen LogP contribution in [0.1, 0.15) is 31.7 Å². The minimum Gasteiger partial charge on any atom is -0.382 e. The van der Waals surface area contributed by atoms with Crippen LogP contribution in [0.15, 0.2) is 40.1 Å². The summed E-state index contributed by atoms with van der Waals surface area (Å²) < 4.78 is 8.53. The standard InChI is InChI=1S/C19H29BrN6O/c1-3-18-25-24-15-26(18)12-11-22-19(21-10-5-13-27-4-2)23-14-16-6-8-17(20)9-7-16/h6-9,15H,3-5,10-14H2,1-2H3,(H2,21,22,23). The molecule has 27 heavy (non-hydrogen) atoms. The summed E-state index contributed by atoms with van der Waals surface area (Å²) in [4.78, 5) is 4.70. The van der Waals surface area contributed by atoms with Crippen LogP contribution < -0.4 is 10.6 Å². The van der Waals surface area contributed by atoms with Gasteiger partial charge in [-0.25, -0.2) is 4.99 Å². The highest BCUT2D eigenvalue weighted by Crippen LogP contribution is 2.11. The smallest absolute Gasteiger partial charge is 0.191 e. The first-order chi connectivity index (χ1) is 13.2. The number of halogens is 1. The Bertz CT molecular complexity index is 686. The zero-order valence-electron chi connectivity index (χ0n) is 16.1. The van der Waals surface area contributed by atoms with Crippen molar-refractivity contribution in [2.45, 2.75) is 39.8 Å². The topological polar surface area (TPSA) is 76.4 Å². The number of guanidine groups is 1. The molecule has 148 valence electrons. The van der Waals surface area contributed by atoms with Crippen LogP contribution in [0.5, 0.6) is 0 Å². The van der Waals surface area contributed by atoms with E-state index in [2.05, 4.69) is 60.4 Å². The lowest BCUT2D eigenvalue weighted by Gasteiger charge is -2.13. The Hall–Kier alpha value is -1.93. The summed E-state index contributed by atoms with van der Waals surface area (Å²) >= 11 is 3.46. The second-order valence-electron chi connectivity index (χ2n) is 5.99. The Balaban J connectivity index is 1.87. The summed E-state index contributed by atoms with van der Waals surface area (Å²) in [6.07, 6.45) is 3.59. The van der Waals surface area contributed by atoms with Gasteiger partial charge in [0.05, 0.1) is 6.54 Å². The number of nitrogens with one attached hydrogen (secondary N) is 2. The third kappa shape index (κ3) is 8.09. The van der Waals surface area contributed by atoms with Crippen molar-refractivity contribution in [3.8, 4) is 0 Å². The first kappa shape index (κ1) is 21.4. The monoisotopic (exact) mass is 436 g/mol. The zero-order chi connectivity index (χ0) is 19.3. The molecule has 0 fully saturated rings. The number of nitrogens with zero attached hydrogens (tertiary/aromatic N) is 4. The third-order valence-corrected chi connectivity index (χ3v) is 4.48. The highest BCUT2D eigenvalue weighted by molar-refractivity contribution is 9.10.